The third kappa shape index (κ3) is 4.62. The number of hydrogen-bond acceptors (Lipinski definition) is 6. The summed E-state index contributed by atoms with van der Waals surface area (Å²) in [5.74, 6) is 1.04. The molecule has 1 heterocycles. The molecule has 28 heavy (non-hydrogen) atoms. The quantitative estimate of drug-likeness (QED) is 0.739. The maximum absolute atomic E-state index is 12.4. The molecule has 1 saturated carbocycles. The molecule has 8 heteroatoms. The molecule has 0 radical (unpaired) electrons. The van der Waals surface area contributed by atoms with Gasteiger partial charge in [0.1, 0.15) is 17.5 Å². The van der Waals surface area contributed by atoms with Crippen LogP contribution < -0.4 is 20.1 Å². The zero-order chi connectivity index (χ0) is 20.1. The summed E-state index contributed by atoms with van der Waals surface area (Å²) in [5.41, 5.74) is 1.50. The number of carbonyl (C=O) groups is 2. The summed E-state index contributed by atoms with van der Waals surface area (Å²) >= 11 is 1.32. The molecule has 3 rings (SSSR count). The van der Waals surface area contributed by atoms with Gasteiger partial charge in [-0.25, -0.2) is 4.98 Å². The third-order valence-electron chi connectivity index (χ3n) is 4.90. The van der Waals surface area contributed by atoms with E-state index in [1.54, 1.807) is 27.2 Å². The van der Waals surface area contributed by atoms with Gasteiger partial charge in [-0.1, -0.05) is 12.8 Å². The van der Waals surface area contributed by atoms with Crippen LogP contribution >= 0.6 is 11.3 Å². The van der Waals surface area contributed by atoms with Crippen LogP contribution in [0.25, 0.3) is 11.3 Å². The topological polar surface area (TPSA) is 89.6 Å². The van der Waals surface area contributed by atoms with Crippen LogP contribution in [0.2, 0.25) is 0 Å². The zero-order valence-corrected chi connectivity index (χ0v) is 17.1. The van der Waals surface area contributed by atoms with E-state index in [0.29, 0.717) is 22.3 Å². The molecular formula is C20H25N3O4S. The summed E-state index contributed by atoms with van der Waals surface area (Å²) < 4.78 is 10.6. The third-order valence-corrected chi connectivity index (χ3v) is 5.65. The number of benzene rings is 1. The highest BCUT2D eigenvalue weighted by molar-refractivity contribution is 7.14. The number of carbonyl (C=O) groups excluding carboxylic acids is 2. The molecule has 2 aromatic rings. The monoisotopic (exact) mass is 403 g/mol. The smallest absolute Gasteiger partial charge is 0.248 e. The highest BCUT2D eigenvalue weighted by atomic mass is 32.1. The summed E-state index contributed by atoms with van der Waals surface area (Å²) in [7, 11) is 3.18. The Bertz CT molecular complexity index is 846. The average Bonchev–Trinajstić information content (AvgIpc) is 3.39. The Morgan fingerprint density at radius 3 is 2.64 bits per heavy atom. The van der Waals surface area contributed by atoms with E-state index in [0.717, 1.165) is 31.2 Å². The van der Waals surface area contributed by atoms with Crippen molar-refractivity contribution in [3.05, 3.63) is 23.6 Å². The lowest BCUT2D eigenvalue weighted by Crippen LogP contribution is -2.43. The van der Waals surface area contributed by atoms with Gasteiger partial charge in [0, 0.05) is 22.9 Å². The molecule has 1 aromatic carbocycles. The summed E-state index contributed by atoms with van der Waals surface area (Å²) in [4.78, 5) is 29.1. The van der Waals surface area contributed by atoms with Crippen LogP contribution in [-0.2, 0) is 9.59 Å². The Balaban J connectivity index is 1.64. The number of thiazole rings is 1. The van der Waals surface area contributed by atoms with Crippen LogP contribution in [-0.4, -0.2) is 37.1 Å². The van der Waals surface area contributed by atoms with E-state index in [1.807, 2.05) is 17.5 Å². The minimum atomic E-state index is -0.615. The highest BCUT2D eigenvalue weighted by Crippen LogP contribution is 2.34. The Hall–Kier alpha value is -2.61. The average molecular weight is 404 g/mol. The zero-order valence-electron chi connectivity index (χ0n) is 16.3. The molecule has 2 N–H and O–H groups in total. The van der Waals surface area contributed by atoms with Crippen molar-refractivity contribution in [1.29, 1.82) is 0 Å². The first-order valence-corrected chi connectivity index (χ1v) is 10.2. The van der Waals surface area contributed by atoms with Gasteiger partial charge in [0.15, 0.2) is 5.13 Å². The van der Waals surface area contributed by atoms with E-state index in [2.05, 4.69) is 15.6 Å². The van der Waals surface area contributed by atoms with Gasteiger partial charge < -0.3 is 20.1 Å². The molecule has 150 valence electrons. The van der Waals surface area contributed by atoms with Crippen LogP contribution in [0.5, 0.6) is 11.5 Å². The maximum Gasteiger partial charge on any atom is 0.248 e. The first-order valence-electron chi connectivity index (χ1n) is 9.31. The number of aromatic nitrogens is 1. The number of rotatable bonds is 7. The van der Waals surface area contributed by atoms with Gasteiger partial charge >= 0.3 is 0 Å². The lowest BCUT2D eigenvalue weighted by molar-refractivity contribution is -0.128. The fourth-order valence-corrected chi connectivity index (χ4v) is 3.98. The standard InChI is InChI=1S/C20H25N3O4S/c1-12(21-19(25)13-6-4-5-7-13)18(24)23-20-22-16(11-28-20)15-9-8-14(26-2)10-17(15)27-3/h8-13H,4-7H2,1-3H3,(H,21,25)(H,22,23,24)/t12-/m0/s1. The fraction of sp³-hybridized carbons (Fsp3) is 0.450. The van der Waals surface area contributed by atoms with E-state index in [1.165, 1.54) is 11.3 Å². The number of amides is 2. The number of nitrogens with zero attached hydrogens (tertiary/aromatic N) is 1. The van der Waals surface area contributed by atoms with Gasteiger partial charge in [0.2, 0.25) is 11.8 Å². The second-order valence-corrected chi connectivity index (χ2v) is 7.66. The van der Waals surface area contributed by atoms with E-state index in [-0.39, 0.29) is 17.7 Å². The molecule has 0 aliphatic heterocycles. The largest absolute Gasteiger partial charge is 0.497 e. The van der Waals surface area contributed by atoms with Crippen LogP contribution in [0.1, 0.15) is 32.6 Å². The van der Waals surface area contributed by atoms with Gasteiger partial charge in [-0.3, -0.25) is 9.59 Å². The molecule has 7 nitrogen and oxygen atoms in total. The van der Waals surface area contributed by atoms with Crippen LogP contribution in [0.4, 0.5) is 5.13 Å². The molecule has 0 spiro atoms. The first-order chi connectivity index (χ1) is 13.5. The Labute approximate surface area is 168 Å². The fourth-order valence-electron chi connectivity index (χ4n) is 3.26. The molecular weight excluding hydrogens is 378 g/mol. The lowest BCUT2D eigenvalue weighted by Gasteiger charge is -2.16. The van der Waals surface area contributed by atoms with Crippen LogP contribution in [0.15, 0.2) is 23.6 Å². The number of methoxy groups -OCH3 is 2. The molecule has 2 amide bonds. The minimum absolute atomic E-state index is 0.0317. The van der Waals surface area contributed by atoms with Crippen molar-refractivity contribution in [1.82, 2.24) is 10.3 Å². The number of hydrogen-bond donors (Lipinski definition) is 2. The van der Waals surface area contributed by atoms with Gasteiger partial charge in [-0.2, -0.15) is 0 Å². The number of anilines is 1. The van der Waals surface area contributed by atoms with Gasteiger partial charge in [0.25, 0.3) is 0 Å². The van der Waals surface area contributed by atoms with E-state index in [4.69, 9.17) is 9.47 Å². The van der Waals surface area contributed by atoms with E-state index < -0.39 is 6.04 Å². The molecule has 1 fully saturated rings. The van der Waals surface area contributed by atoms with Crippen molar-refractivity contribution < 1.29 is 19.1 Å². The number of nitrogens with one attached hydrogen (secondary N) is 2. The predicted molar refractivity (Wildman–Crippen MR) is 109 cm³/mol. The second kappa shape index (κ2) is 9.05. The normalized spacial score (nSPS) is 15.1. The SMILES string of the molecule is COc1ccc(-c2csc(NC(=O)[C@H](C)NC(=O)C3CCCC3)n2)c(OC)c1. The van der Waals surface area contributed by atoms with Crippen LogP contribution in [0, 0.1) is 5.92 Å². The Kier molecular flexibility index (Phi) is 6.51. The van der Waals surface area contributed by atoms with Gasteiger partial charge in [0.05, 0.1) is 19.9 Å². The van der Waals surface area contributed by atoms with Crippen molar-refractivity contribution in [3.8, 4) is 22.8 Å². The van der Waals surface area contributed by atoms with Gasteiger partial charge in [-0.15, -0.1) is 11.3 Å². The molecule has 0 bridgehead atoms. The van der Waals surface area contributed by atoms with E-state index >= 15 is 0 Å². The van der Waals surface area contributed by atoms with Crippen molar-refractivity contribution in [2.75, 3.05) is 19.5 Å². The van der Waals surface area contributed by atoms with Crippen molar-refractivity contribution in [2.24, 2.45) is 5.92 Å². The maximum atomic E-state index is 12.4. The van der Waals surface area contributed by atoms with Crippen molar-refractivity contribution in [3.63, 3.8) is 0 Å². The molecule has 0 unspecified atom stereocenters. The second-order valence-electron chi connectivity index (χ2n) is 6.81. The minimum Gasteiger partial charge on any atom is -0.497 e. The molecule has 1 aliphatic rings. The first kappa shape index (κ1) is 20.1. The van der Waals surface area contributed by atoms with Crippen molar-refractivity contribution >= 4 is 28.3 Å². The Morgan fingerprint density at radius 1 is 1.21 bits per heavy atom. The Morgan fingerprint density at radius 2 is 1.96 bits per heavy atom. The summed E-state index contributed by atoms with van der Waals surface area (Å²) in [6, 6.07) is 4.86. The lowest BCUT2D eigenvalue weighted by atomic mass is 10.1. The molecule has 1 aliphatic carbocycles. The highest BCUT2D eigenvalue weighted by Gasteiger charge is 2.25. The molecule has 1 aromatic heterocycles. The molecule has 1 atom stereocenters. The summed E-state index contributed by atoms with van der Waals surface area (Å²) in [5, 5.41) is 7.90. The summed E-state index contributed by atoms with van der Waals surface area (Å²) in [6.45, 7) is 1.68. The van der Waals surface area contributed by atoms with Gasteiger partial charge in [-0.05, 0) is 31.9 Å². The molecule has 0 saturated heterocycles. The summed E-state index contributed by atoms with van der Waals surface area (Å²) in [6.07, 6.45) is 3.96. The van der Waals surface area contributed by atoms with E-state index in [9.17, 15) is 9.59 Å². The number of ether oxygens (including phenoxy) is 2. The van der Waals surface area contributed by atoms with Crippen LogP contribution in [0.3, 0.4) is 0 Å². The predicted octanol–water partition coefficient (Wildman–Crippen LogP) is 3.46. The van der Waals surface area contributed by atoms with Crippen molar-refractivity contribution in [2.45, 2.75) is 38.6 Å².